The van der Waals surface area contributed by atoms with Crippen LogP contribution in [0.15, 0.2) is 71.1 Å². The molecule has 2 heterocycles. The van der Waals surface area contributed by atoms with E-state index in [1.54, 1.807) is 35.7 Å². The van der Waals surface area contributed by atoms with E-state index in [1.807, 2.05) is 0 Å². The first-order valence-corrected chi connectivity index (χ1v) is 11.2. The first-order chi connectivity index (χ1) is 14.4. The molecular formula is C21H17FN2O4S2. The largest absolute Gasteiger partial charge is 0.497 e. The van der Waals surface area contributed by atoms with Crippen LogP contribution in [0.2, 0.25) is 0 Å². The summed E-state index contributed by atoms with van der Waals surface area (Å²) < 4.78 is 46.2. The van der Waals surface area contributed by atoms with Gasteiger partial charge in [0.2, 0.25) is 5.78 Å². The van der Waals surface area contributed by atoms with Crippen molar-refractivity contribution in [1.29, 1.82) is 0 Å². The van der Waals surface area contributed by atoms with E-state index < -0.39 is 21.6 Å². The van der Waals surface area contributed by atoms with Crippen molar-refractivity contribution < 1.29 is 22.3 Å². The Morgan fingerprint density at radius 1 is 1.17 bits per heavy atom. The summed E-state index contributed by atoms with van der Waals surface area (Å²) in [7, 11) is -2.60. The molecule has 1 aliphatic heterocycles. The van der Waals surface area contributed by atoms with Gasteiger partial charge in [-0.15, -0.1) is 11.3 Å². The standard InChI is InChI=1S/C21H17FN2O4S2/c1-28-17-4-2-3-16(11-17)23-12-19-20(25)21-18(9-10-29-21)24(30(19,26)27)13-14-5-7-15(22)8-6-14/h2-12,23H,13H2,1H3/b19-12-. The summed E-state index contributed by atoms with van der Waals surface area (Å²) in [5.74, 6) is -0.379. The molecule has 0 amide bonds. The van der Waals surface area contributed by atoms with E-state index in [1.165, 1.54) is 53.2 Å². The number of methoxy groups -OCH3 is 1. The fourth-order valence-corrected chi connectivity index (χ4v) is 5.56. The lowest BCUT2D eigenvalue weighted by atomic mass is 10.2. The second kappa shape index (κ2) is 7.92. The van der Waals surface area contributed by atoms with Crippen LogP contribution in [0.3, 0.4) is 0 Å². The Kier molecular flexibility index (Phi) is 5.31. The second-order valence-corrected chi connectivity index (χ2v) is 9.23. The summed E-state index contributed by atoms with van der Waals surface area (Å²) in [4.78, 5) is 12.9. The van der Waals surface area contributed by atoms with Gasteiger partial charge < -0.3 is 10.1 Å². The van der Waals surface area contributed by atoms with Gasteiger partial charge in [-0.05, 0) is 41.3 Å². The van der Waals surface area contributed by atoms with Gasteiger partial charge in [-0.1, -0.05) is 18.2 Å². The SMILES string of the molecule is COc1cccc(N/C=C2/C(=O)c3sccc3N(Cc3ccc(F)cc3)S2(=O)=O)c1. The smallest absolute Gasteiger partial charge is 0.270 e. The third-order valence-corrected chi connectivity index (χ3v) is 7.26. The van der Waals surface area contributed by atoms with Crippen molar-refractivity contribution in [1.82, 2.24) is 0 Å². The maximum atomic E-state index is 13.3. The molecule has 0 atom stereocenters. The number of halogens is 1. The van der Waals surface area contributed by atoms with Gasteiger partial charge in [-0.2, -0.15) is 0 Å². The number of hydrogen-bond donors (Lipinski definition) is 1. The Morgan fingerprint density at radius 3 is 2.67 bits per heavy atom. The average Bonchev–Trinajstić information content (AvgIpc) is 3.22. The number of Topliss-reactive ketones (excluding diaryl/α,β-unsaturated/α-hetero) is 1. The number of ketones is 1. The van der Waals surface area contributed by atoms with Crippen LogP contribution in [-0.4, -0.2) is 21.3 Å². The molecule has 0 radical (unpaired) electrons. The van der Waals surface area contributed by atoms with Gasteiger partial charge in [-0.3, -0.25) is 9.10 Å². The Morgan fingerprint density at radius 2 is 1.93 bits per heavy atom. The number of nitrogens with one attached hydrogen (secondary N) is 1. The van der Waals surface area contributed by atoms with E-state index in [9.17, 15) is 17.6 Å². The van der Waals surface area contributed by atoms with Gasteiger partial charge in [0.25, 0.3) is 10.0 Å². The number of allylic oxidation sites excluding steroid dienone is 1. The van der Waals surface area contributed by atoms with Crippen molar-refractivity contribution in [2.75, 3.05) is 16.7 Å². The molecule has 0 unspecified atom stereocenters. The predicted molar refractivity (Wildman–Crippen MR) is 115 cm³/mol. The minimum absolute atomic E-state index is 0.0177. The first-order valence-electron chi connectivity index (χ1n) is 8.90. The van der Waals surface area contributed by atoms with Crippen LogP contribution in [0, 0.1) is 5.82 Å². The third kappa shape index (κ3) is 3.69. The van der Waals surface area contributed by atoms with E-state index in [4.69, 9.17) is 4.74 Å². The monoisotopic (exact) mass is 444 g/mol. The molecule has 2 aromatic carbocycles. The Balaban J connectivity index is 1.72. The minimum atomic E-state index is -4.13. The third-order valence-electron chi connectivity index (χ3n) is 4.59. The zero-order chi connectivity index (χ0) is 21.3. The quantitative estimate of drug-likeness (QED) is 0.591. The maximum Gasteiger partial charge on any atom is 0.270 e. The van der Waals surface area contributed by atoms with Crippen molar-refractivity contribution in [2.45, 2.75) is 6.54 Å². The number of carbonyl (C=O) groups excluding carboxylic acids is 1. The Hall–Kier alpha value is -3.17. The van der Waals surface area contributed by atoms with Crippen molar-refractivity contribution >= 4 is 38.5 Å². The molecule has 30 heavy (non-hydrogen) atoms. The van der Waals surface area contributed by atoms with Crippen LogP contribution in [-0.2, 0) is 16.6 Å². The number of hydrogen-bond acceptors (Lipinski definition) is 6. The number of carbonyl (C=O) groups is 1. The summed E-state index contributed by atoms with van der Waals surface area (Å²) in [5.41, 5.74) is 1.51. The van der Waals surface area contributed by atoms with Crippen molar-refractivity contribution in [3.05, 3.63) is 87.3 Å². The van der Waals surface area contributed by atoms with Crippen molar-refractivity contribution in [3.8, 4) is 5.75 Å². The molecule has 1 N–H and O–H groups in total. The highest BCUT2D eigenvalue weighted by Gasteiger charge is 2.41. The zero-order valence-electron chi connectivity index (χ0n) is 15.8. The molecule has 0 saturated carbocycles. The number of rotatable bonds is 5. The van der Waals surface area contributed by atoms with E-state index >= 15 is 0 Å². The number of fused-ring (bicyclic) bond motifs is 1. The second-order valence-electron chi connectivity index (χ2n) is 6.49. The van der Waals surface area contributed by atoms with Gasteiger partial charge in [0.15, 0.2) is 4.91 Å². The molecule has 9 heteroatoms. The number of benzene rings is 2. The molecule has 1 aliphatic rings. The normalized spacial score (nSPS) is 16.4. The molecular weight excluding hydrogens is 427 g/mol. The van der Waals surface area contributed by atoms with Crippen LogP contribution in [0.1, 0.15) is 15.2 Å². The Labute approximate surface area is 177 Å². The molecule has 4 rings (SSSR count). The van der Waals surface area contributed by atoms with Gasteiger partial charge >= 0.3 is 0 Å². The molecule has 0 bridgehead atoms. The minimum Gasteiger partial charge on any atom is -0.497 e. The summed E-state index contributed by atoms with van der Waals surface area (Å²) >= 11 is 1.18. The number of ether oxygens (including phenoxy) is 1. The van der Waals surface area contributed by atoms with Gasteiger partial charge in [0, 0.05) is 18.0 Å². The van der Waals surface area contributed by atoms with Crippen molar-refractivity contribution in [3.63, 3.8) is 0 Å². The predicted octanol–water partition coefficient (Wildman–Crippen LogP) is 4.38. The van der Waals surface area contributed by atoms with Crippen LogP contribution in [0.25, 0.3) is 0 Å². The fourth-order valence-electron chi connectivity index (χ4n) is 3.07. The van der Waals surface area contributed by atoms with E-state index in [0.29, 0.717) is 27.6 Å². The zero-order valence-corrected chi connectivity index (χ0v) is 17.5. The Bertz CT molecular complexity index is 1230. The highest BCUT2D eigenvalue weighted by atomic mass is 32.2. The molecule has 154 valence electrons. The maximum absolute atomic E-state index is 13.3. The summed E-state index contributed by atoms with van der Waals surface area (Å²) in [5, 5.41) is 4.55. The lowest BCUT2D eigenvalue weighted by Gasteiger charge is -2.29. The van der Waals surface area contributed by atoms with Crippen LogP contribution >= 0.6 is 11.3 Å². The topological polar surface area (TPSA) is 75.7 Å². The van der Waals surface area contributed by atoms with Crippen LogP contribution in [0.4, 0.5) is 15.8 Å². The summed E-state index contributed by atoms with van der Waals surface area (Å²) in [6, 6.07) is 14.1. The summed E-state index contributed by atoms with van der Waals surface area (Å²) in [6.07, 6.45) is 1.20. The number of nitrogens with zero attached hydrogens (tertiary/aromatic N) is 1. The molecule has 0 saturated heterocycles. The van der Waals surface area contributed by atoms with Gasteiger partial charge in [0.1, 0.15) is 16.4 Å². The van der Waals surface area contributed by atoms with E-state index in [2.05, 4.69) is 5.32 Å². The molecule has 6 nitrogen and oxygen atoms in total. The van der Waals surface area contributed by atoms with Crippen LogP contribution in [0.5, 0.6) is 5.75 Å². The first kappa shape index (κ1) is 20.1. The van der Waals surface area contributed by atoms with Gasteiger partial charge in [-0.25, -0.2) is 12.8 Å². The lowest BCUT2D eigenvalue weighted by molar-refractivity contribution is 0.104. The summed E-state index contributed by atoms with van der Waals surface area (Å²) in [6.45, 7) is -0.0177. The highest BCUT2D eigenvalue weighted by Crippen LogP contribution is 2.39. The van der Waals surface area contributed by atoms with Gasteiger partial charge in [0.05, 0.1) is 19.3 Å². The van der Waals surface area contributed by atoms with E-state index in [0.717, 1.165) is 0 Å². The molecule has 1 aromatic heterocycles. The van der Waals surface area contributed by atoms with Crippen LogP contribution < -0.4 is 14.4 Å². The number of thiophene rings is 1. The van der Waals surface area contributed by atoms with Crippen molar-refractivity contribution in [2.24, 2.45) is 0 Å². The number of anilines is 2. The molecule has 0 fully saturated rings. The average molecular weight is 445 g/mol. The highest BCUT2D eigenvalue weighted by molar-refractivity contribution is 7.97. The molecule has 0 aliphatic carbocycles. The molecule has 0 spiro atoms. The fraction of sp³-hybridized carbons (Fsp3) is 0.0952. The molecule has 3 aromatic rings. The number of sulfonamides is 1. The lowest BCUT2D eigenvalue weighted by Crippen LogP contribution is -2.38. The van der Waals surface area contributed by atoms with E-state index in [-0.39, 0.29) is 11.4 Å².